The van der Waals surface area contributed by atoms with E-state index in [1.165, 1.54) is 48.9 Å². The highest BCUT2D eigenvalue weighted by Gasteiger charge is 2.53. The molecule has 7 aliphatic rings. The Morgan fingerprint density at radius 2 is 1.07 bits per heavy atom. The van der Waals surface area contributed by atoms with E-state index >= 15 is 0 Å². The van der Waals surface area contributed by atoms with E-state index in [4.69, 9.17) is 23.8 Å². The number of rotatable bonds is 16. The van der Waals surface area contributed by atoms with Crippen molar-refractivity contribution in [3.63, 3.8) is 0 Å². The number of methoxy groups -OCH3 is 2. The maximum absolute atomic E-state index is 11.7. The third-order valence-corrected chi connectivity index (χ3v) is 19.8. The molecule has 22 nitrogen and oxygen atoms in total. The van der Waals surface area contributed by atoms with Gasteiger partial charge in [0.15, 0.2) is 0 Å². The second kappa shape index (κ2) is 25.1. The maximum atomic E-state index is 11.7. The van der Waals surface area contributed by atoms with Gasteiger partial charge in [0.05, 0.1) is 71.5 Å². The van der Waals surface area contributed by atoms with Crippen LogP contribution in [0.15, 0.2) is 115 Å². The fraction of sp³-hybridized carbons (Fsp3) is 0.419. The monoisotopic (exact) mass is 1290 g/mol. The summed E-state index contributed by atoms with van der Waals surface area (Å²) in [7, 11) is -3.59. The maximum Gasteiger partial charge on any atom is 0.497 e. The Labute approximate surface area is 522 Å². The van der Waals surface area contributed by atoms with Crippen LogP contribution in [0.5, 0.6) is 11.8 Å². The van der Waals surface area contributed by atoms with Crippen molar-refractivity contribution < 1.29 is 35.6 Å². The number of hydrogen-bond acceptors (Lipinski definition) is 20. The van der Waals surface area contributed by atoms with Gasteiger partial charge in [-0.15, -0.1) is 0 Å². The third kappa shape index (κ3) is 13.7. The van der Waals surface area contributed by atoms with Gasteiger partial charge in [0.2, 0.25) is 11.8 Å². The highest BCUT2D eigenvalue weighted by atomic mass is 79.9. The number of sulfone groups is 2. The van der Waals surface area contributed by atoms with Gasteiger partial charge in [-0.05, 0) is 122 Å². The zero-order chi connectivity index (χ0) is 62.3. The molecule has 88 heavy (non-hydrogen) atoms. The number of fused-ring (bicyclic) bond motifs is 6. The number of piperazine rings is 2. The highest BCUT2D eigenvalue weighted by molar-refractivity contribution is 9.10. The molecule has 15 rings (SSSR count). The van der Waals surface area contributed by atoms with Crippen LogP contribution in [0.4, 0.5) is 11.6 Å². The topological polar surface area (TPSA) is 252 Å². The van der Waals surface area contributed by atoms with Crippen LogP contribution >= 0.6 is 15.9 Å². The fourth-order valence-electron chi connectivity index (χ4n) is 12.0. The molecule has 0 amide bonds. The molecule has 8 aromatic heterocycles. The lowest BCUT2D eigenvalue weighted by Crippen LogP contribution is -2.68. The minimum absolute atomic E-state index is 0.0354. The second-order valence-electron chi connectivity index (χ2n) is 24.2. The number of nitriles is 2. The number of piperidine rings is 2. The van der Waals surface area contributed by atoms with Crippen molar-refractivity contribution in [3.8, 4) is 35.0 Å². The molecule has 0 N–H and O–H groups in total. The molecule has 458 valence electrons. The van der Waals surface area contributed by atoms with Crippen LogP contribution < -0.4 is 24.7 Å². The summed E-state index contributed by atoms with van der Waals surface area (Å²) in [6, 6.07) is 26.5. The Hall–Kier alpha value is -7.56. The summed E-state index contributed by atoms with van der Waals surface area (Å²) in [5.74, 6) is 3.39. The zero-order valence-corrected chi connectivity index (χ0v) is 53.7. The van der Waals surface area contributed by atoms with Crippen molar-refractivity contribution in [1.29, 1.82) is 10.5 Å². The molecular weight excluding hydrogens is 1220 g/mol. The molecule has 0 saturated carbocycles. The van der Waals surface area contributed by atoms with Crippen molar-refractivity contribution in [1.82, 2.24) is 49.0 Å². The SMILES string of the molecule is CC1(C)OB(c2cc(CCS(C)(=O)=O)cn3ncc(C#N)c23)OC1(C)C.COc1ccc(CN2C3CC2CN(c2ccc(-c4cc(CCS(C)(=O)=O)cn5ncc(C#N)c45)cn2)C3)cn1.COc1ccc(CN2C3CC2CN(c2ccc(Br)cn2)C3)cn1. The summed E-state index contributed by atoms with van der Waals surface area (Å²) in [4.78, 5) is 27.8. The number of pyridine rings is 6. The van der Waals surface area contributed by atoms with Crippen LogP contribution in [0.2, 0.25) is 0 Å². The number of aromatic nitrogens is 8. The van der Waals surface area contributed by atoms with E-state index in [-0.39, 0.29) is 11.5 Å². The first-order valence-electron chi connectivity index (χ1n) is 29.1. The molecule has 0 spiro atoms. The minimum atomic E-state index is -3.11. The molecule has 8 aromatic rings. The number of halogens is 1. The van der Waals surface area contributed by atoms with Crippen molar-refractivity contribution in [2.75, 3.05) is 74.2 Å². The molecular formula is C62H70BBrN14O8S2. The van der Waals surface area contributed by atoms with E-state index in [2.05, 4.69) is 97.1 Å². The van der Waals surface area contributed by atoms with Gasteiger partial charge in [0.25, 0.3) is 0 Å². The van der Waals surface area contributed by atoms with E-state index in [9.17, 15) is 27.4 Å². The van der Waals surface area contributed by atoms with Crippen LogP contribution in [-0.2, 0) is 54.9 Å². The molecule has 0 aromatic carbocycles. The van der Waals surface area contributed by atoms with E-state index < -0.39 is 38.0 Å². The van der Waals surface area contributed by atoms with Crippen LogP contribution in [0.25, 0.3) is 22.2 Å². The molecule has 15 heterocycles. The van der Waals surface area contributed by atoms with Crippen molar-refractivity contribution >= 4 is 70.9 Å². The van der Waals surface area contributed by atoms with E-state index in [0.717, 1.165) is 77.6 Å². The van der Waals surface area contributed by atoms with E-state index in [1.807, 2.05) is 88.9 Å². The van der Waals surface area contributed by atoms with Crippen LogP contribution in [0, 0.1) is 22.7 Å². The molecule has 4 unspecified atom stereocenters. The Morgan fingerprint density at radius 1 is 0.602 bits per heavy atom. The summed E-state index contributed by atoms with van der Waals surface area (Å²) >= 11 is 3.44. The average Bonchev–Trinajstić information content (AvgIpc) is 1.43. The van der Waals surface area contributed by atoms with Crippen LogP contribution in [-0.4, -0.2) is 173 Å². The lowest BCUT2D eigenvalue weighted by molar-refractivity contribution is -0.00879. The molecule has 0 radical (unpaired) electrons. The van der Waals surface area contributed by atoms with Crippen molar-refractivity contribution in [3.05, 3.63) is 148 Å². The Bertz CT molecular complexity index is 4120. The molecule has 0 aliphatic carbocycles. The number of hydrogen-bond donors (Lipinski definition) is 0. The van der Waals surface area contributed by atoms with Crippen LogP contribution in [0.1, 0.15) is 73.9 Å². The summed E-state index contributed by atoms with van der Waals surface area (Å²) in [5.41, 5.74) is 7.57. The smallest absolute Gasteiger partial charge is 0.481 e. The lowest BCUT2D eigenvalue weighted by Gasteiger charge is -2.56. The van der Waals surface area contributed by atoms with Gasteiger partial charge in [0.1, 0.15) is 43.4 Å². The summed E-state index contributed by atoms with van der Waals surface area (Å²) < 4.78 is 73.3. The molecule has 7 saturated heterocycles. The summed E-state index contributed by atoms with van der Waals surface area (Å²) in [6.07, 6.45) is 19.7. The predicted octanol–water partition coefficient (Wildman–Crippen LogP) is 6.52. The molecule has 26 heteroatoms. The normalized spacial score (nSPS) is 20.2. The average molecular weight is 1290 g/mol. The molecule has 7 fully saturated rings. The van der Waals surface area contributed by atoms with Gasteiger partial charge in [0, 0.05) is 146 Å². The number of aryl methyl sites for hydroxylation is 2. The van der Waals surface area contributed by atoms with Crippen molar-refractivity contribution in [2.45, 2.75) is 102 Å². The molecule has 4 atom stereocenters. The molecule has 7 aliphatic heterocycles. The van der Waals surface area contributed by atoms with Gasteiger partial charge in [-0.2, -0.15) is 20.7 Å². The largest absolute Gasteiger partial charge is 0.497 e. The number of anilines is 2. The summed E-state index contributed by atoms with van der Waals surface area (Å²) in [6.45, 7) is 13.6. The Morgan fingerprint density at radius 3 is 1.49 bits per heavy atom. The standard InChI is InChI=1S/C28H29N7O3S.C17H22BN3O4S.C17H19BrN4O/c1-38-27-6-3-20(12-31-27)15-34-23-10-24(34)18-33(17-23)26-5-4-21(13-30-26)25-9-19(7-8-39(2,36)37)16-35-28(25)22(11-29)14-32-35;1-16(2)17(3,4)25-18(24-16)14-8-12(6-7-26(5,22)23)11-21-15(14)13(9-19)10-20-21;1-23-17-5-2-12(7-20-17)9-22-14-6-15(22)11-21(10-14)16-4-3-13(18)8-19-16/h3-6,9,12-14,16,23-24H,7-8,10,15,17-18H2,1-2H3;8,10-11H,6-7H2,1-5H3;2-5,7-8,14-15H,6,9-11H2,1H3. The summed E-state index contributed by atoms with van der Waals surface area (Å²) in [5, 5.41) is 27.6. The zero-order valence-electron chi connectivity index (χ0n) is 50.5. The van der Waals surface area contributed by atoms with Gasteiger partial charge in [-0.3, -0.25) is 9.80 Å². The number of nitrogens with zero attached hydrogens (tertiary/aromatic N) is 14. The quantitative estimate of drug-likeness (QED) is 0.0933. The predicted molar refractivity (Wildman–Crippen MR) is 339 cm³/mol. The second-order valence-corrected chi connectivity index (χ2v) is 29.7. The van der Waals surface area contributed by atoms with Gasteiger partial charge in [-0.25, -0.2) is 45.8 Å². The van der Waals surface area contributed by atoms with E-state index in [1.54, 1.807) is 35.6 Å². The first-order chi connectivity index (χ1) is 42.0. The fourth-order valence-corrected chi connectivity index (χ4v) is 13.5. The number of ether oxygens (including phenoxy) is 2. The first-order valence-corrected chi connectivity index (χ1v) is 34.0. The lowest BCUT2D eigenvalue weighted by atomic mass is 9.77. The minimum Gasteiger partial charge on any atom is -0.481 e. The Balaban J connectivity index is 0.000000143. The van der Waals surface area contributed by atoms with Gasteiger partial charge in [-0.1, -0.05) is 18.2 Å². The van der Waals surface area contributed by atoms with Gasteiger partial charge >= 0.3 is 7.12 Å². The Kier molecular flexibility index (Phi) is 17.7. The van der Waals surface area contributed by atoms with E-state index in [0.29, 0.717) is 76.4 Å². The first kappa shape index (κ1) is 62.1. The van der Waals surface area contributed by atoms with Crippen LogP contribution in [0.3, 0.4) is 0 Å². The molecule has 4 bridgehead atoms. The van der Waals surface area contributed by atoms with Crippen molar-refractivity contribution in [2.24, 2.45) is 0 Å². The van der Waals surface area contributed by atoms with Gasteiger partial charge < -0.3 is 28.6 Å². The highest BCUT2D eigenvalue weighted by Crippen LogP contribution is 2.39. The third-order valence-electron chi connectivity index (χ3n) is 17.5.